The summed E-state index contributed by atoms with van der Waals surface area (Å²) in [7, 11) is 1.52. The molecular weight excluding hydrogens is 475 g/mol. The molecular formula is C20H21IN2O5. The number of rotatable bonds is 6. The van der Waals surface area contributed by atoms with Crippen LogP contribution >= 0.6 is 22.6 Å². The molecule has 2 aliphatic rings. The molecule has 1 saturated carbocycles. The number of hydrogen-bond acceptors (Lipinski definition) is 5. The lowest BCUT2D eigenvalue weighted by Gasteiger charge is -2.31. The van der Waals surface area contributed by atoms with Crippen molar-refractivity contribution in [3.8, 4) is 11.5 Å². The van der Waals surface area contributed by atoms with Gasteiger partial charge in [-0.15, -0.1) is 0 Å². The average molecular weight is 496 g/mol. The van der Waals surface area contributed by atoms with E-state index in [1.165, 1.54) is 18.1 Å². The van der Waals surface area contributed by atoms with Crippen LogP contribution in [0.5, 0.6) is 11.5 Å². The molecule has 1 saturated heterocycles. The maximum Gasteiger partial charge on any atom is 0.331 e. The summed E-state index contributed by atoms with van der Waals surface area (Å²) >= 11 is 2.10. The number of halogens is 1. The molecule has 1 aromatic rings. The van der Waals surface area contributed by atoms with E-state index in [0.29, 0.717) is 23.7 Å². The Morgan fingerprint density at radius 3 is 2.64 bits per heavy atom. The van der Waals surface area contributed by atoms with Crippen LogP contribution in [0.25, 0.3) is 6.08 Å². The number of nitrogens with zero attached hydrogens (tertiary/aromatic N) is 1. The molecule has 0 unspecified atom stereocenters. The van der Waals surface area contributed by atoms with E-state index in [9.17, 15) is 14.4 Å². The molecule has 0 bridgehead atoms. The van der Waals surface area contributed by atoms with Gasteiger partial charge >= 0.3 is 6.03 Å². The molecule has 3 rings (SSSR count). The third-order valence-electron chi connectivity index (χ3n) is 4.73. The van der Waals surface area contributed by atoms with Crippen molar-refractivity contribution in [3.63, 3.8) is 0 Å². The van der Waals surface area contributed by atoms with E-state index in [1.807, 2.05) is 0 Å². The second-order valence-electron chi connectivity index (χ2n) is 6.56. The Labute approximate surface area is 176 Å². The molecule has 28 heavy (non-hydrogen) atoms. The molecule has 4 amide bonds. The van der Waals surface area contributed by atoms with Gasteiger partial charge < -0.3 is 9.47 Å². The fourth-order valence-corrected chi connectivity index (χ4v) is 4.22. The highest BCUT2D eigenvalue weighted by Gasteiger charge is 2.40. The van der Waals surface area contributed by atoms with Crippen molar-refractivity contribution in [3.05, 3.63) is 39.5 Å². The summed E-state index contributed by atoms with van der Waals surface area (Å²) in [4.78, 5) is 38.6. The van der Waals surface area contributed by atoms with Crippen LogP contribution in [-0.4, -0.2) is 42.5 Å². The zero-order valence-electron chi connectivity index (χ0n) is 15.5. The number of urea groups is 1. The molecule has 1 heterocycles. The lowest BCUT2D eigenvalue weighted by Crippen LogP contribution is -2.57. The zero-order valence-corrected chi connectivity index (χ0v) is 17.7. The van der Waals surface area contributed by atoms with Gasteiger partial charge in [-0.1, -0.05) is 25.5 Å². The highest BCUT2D eigenvalue weighted by molar-refractivity contribution is 14.1. The van der Waals surface area contributed by atoms with Crippen LogP contribution in [0.4, 0.5) is 4.79 Å². The molecule has 0 atom stereocenters. The third-order valence-corrected chi connectivity index (χ3v) is 5.53. The first-order valence-electron chi connectivity index (χ1n) is 8.98. The van der Waals surface area contributed by atoms with Gasteiger partial charge in [-0.05, 0) is 59.2 Å². The molecule has 0 spiro atoms. The van der Waals surface area contributed by atoms with E-state index in [0.717, 1.165) is 29.3 Å². The lowest BCUT2D eigenvalue weighted by atomic mass is 10.0. The maximum atomic E-state index is 12.9. The van der Waals surface area contributed by atoms with Crippen LogP contribution < -0.4 is 14.8 Å². The number of imide groups is 2. The highest BCUT2D eigenvalue weighted by Crippen LogP contribution is 2.35. The largest absolute Gasteiger partial charge is 0.493 e. The van der Waals surface area contributed by atoms with Gasteiger partial charge in [-0.3, -0.25) is 19.8 Å². The minimum atomic E-state index is -0.690. The molecule has 1 aromatic carbocycles. The Balaban J connectivity index is 1.95. The van der Waals surface area contributed by atoms with E-state index in [-0.39, 0.29) is 11.6 Å². The molecule has 8 heteroatoms. The second-order valence-corrected chi connectivity index (χ2v) is 7.73. The normalized spacial score (nSPS) is 19.1. The van der Waals surface area contributed by atoms with E-state index >= 15 is 0 Å². The SMILES string of the molecule is C=CCOc1c(I)cc(/C=C2/C(=O)NC(=O)N(C3CCCC3)C2=O)cc1OC. The molecule has 0 aromatic heterocycles. The highest BCUT2D eigenvalue weighted by atomic mass is 127. The standard InChI is InChI=1S/C20H21IN2O5/c1-3-8-28-17-15(21)10-12(11-16(17)27-2)9-14-18(24)22-20(26)23(19(14)25)13-6-4-5-7-13/h3,9-11,13H,1,4-8H2,2H3,(H,22,24,26)/b14-9-. The van der Waals surface area contributed by atoms with Gasteiger partial charge in [0, 0.05) is 6.04 Å². The molecule has 148 valence electrons. The van der Waals surface area contributed by atoms with Gasteiger partial charge in [0.1, 0.15) is 12.2 Å². The molecule has 2 fully saturated rings. The van der Waals surface area contributed by atoms with Crippen LogP contribution in [0.2, 0.25) is 0 Å². The first-order valence-corrected chi connectivity index (χ1v) is 10.1. The smallest absolute Gasteiger partial charge is 0.331 e. The number of carbonyl (C=O) groups excluding carboxylic acids is 3. The molecule has 7 nitrogen and oxygen atoms in total. The summed E-state index contributed by atoms with van der Waals surface area (Å²) in [6.07, 6.45) is 6.58. The Bertz CT molecular complexity index is 858. The number of hydrogen-bond donors (Lipinski definition) is 1. The van der Waals surface area contributed by atoms with Crippen LogP contribution in [0.15, 0.2) is 30.4 Å². The van der Waals surface area contributed by atoms with Gasteiger partial charge in [0.2, 0.25) is 0 Å². The fraction of sp³-hybridized carbons (Fsp3) is 0.350. The summed E-state index contributed by atoms with van der Waals surface area (Å²) in [6, 6.07) is 2.67. The summed E-state index contributed by atoms with van der Waals surface area (Å²) in [6.45, 7) is 3.95. The van der Waals surface area contributed by atoms with Crippen molar-refractivity contribution in [1.29, 1.82) is 0 Å². The lowest BCUT2D eigenvalue weighted by molar-refractivity contribution is -0.131. The van der Waals surface area contributed by atoms with Crippen molar-refractivity contribution in [2.75, 3.05) is 13.7 Å². The number of amides is 4. The molecule has 1 aliphatic carbocycles. The van der Waals surface area contributed by atoms with Crippen molar-refractivity contribution in [2.24, 2.45) is 0 Å². The Hall–Kier alpha value is -2.36. The van der Waals surface area contributed by atoms with Crippen molar-refractivity contribution >= 4 is 46.5 Å². The molecule has 0 radical (unpaired) electrons. The third kappa shape index (κ3) is 4.06. The van der Waals surface area contributed by atoms with Crippen molar-refractivity contribution in [2.45, 2.75) is 31.7 Å². The van der Waals surface area contributed by atoms with Crippen LogP contribution in [0, 0.1) is 3.57 Å². The summed E-state index contributed by atoms with van der Waals surface area (Å²) < 4.78 is 11.8. The fourth-order valence-electron chi connectivity index (χ4n) is 3.44. The predicted octanol–water partition coefficient (Wildman–Crippen LogP) is 3.27. The van der Waals surface area contributed by atoms with E-state index < -0.39 is 17.8 Å². The number of barbiturate groups is 1. The summed E-state index contributed by atoms with van der Waals surface area (Å²) in [5.41, 5.74) is 0.538. The van der Waals surface area contributed by atoms with Crippen LogP contribution in [0.1, 0.15) is 31.2 Å². The first kappa shape index (κ1) is 20.4. The summed E-state index contributed by atoms with van der Waals surface area (Å²) in [5.74, 6) is -0.202. The quantitative estimate of drug-likeness (QED) is 0.283. The summed E-state index contributed by atoms with van der Waals surface area (Å²) in [5, 5.41) is 2.28. The van der Waals surface area contributed by atoms with Gasteiger partial charge in [0.05, 0.1) is 10.7 Å². The van der Waals surface area contributed by atoms with Crippen molar-refractivity contribution < 1.29 is 23.9 Å². The number of ether oxygens (including phenoxy) is 2. The second kappa shape index (κ2) is 8.76. The van der Waals surface area contributed by atoms with E-state index in [2.05, 4.69) is 34.5 Å². The topological polar surface area (TPSA) is 84.9 Å². The zero-order chi connectivity index (χ0) is 20.3. The monoisotopic (exact) mass is 496 g/mol. The van der Waals surface area contributed by atoms with Crippen molar-refractivity contribution in [1.82, 2.24) is 10.2 Å². The Morgan fingerprint density at radius 1 is 1.29 bits per heavy atom. The number of benzene rings is 1. The van der Waals surface area contributed by atoms with Gasteiger partial charge in [0.25, 0.3) is 11.8 Å². The number of methoxy groups -OCH3 is 1. The number of nitrogens with one attached hydrogen (secondary N) is 1. The van der Waals surface area contributed by atoms with Crippen LogP contribution in [-0.2, 0) is 9.59 Å². The molecule has 1 N–H and O–H groups in total. The van der Waals surface area contributed by atoms with Crippen LogP contribution in [0.3, 0.4) is 0 Å². The Kier molecular flexibility index (Phi) is 6.38. The minimum absolute atomic E-state index is 0.0656. The molecule has 1 aliphatic heterocycles. The Morgan fingerprint density at radius 2 is 2.00 bits per heavy atom. The van der Waals surface area contributed by atoms with Gasteiger partial charge in [-0.25, -0.2) is 4.79 Å². The maximum absolute atomic E-state index is 12.9. The van der Waals surface area contributed by atoms with Gasteiger partial charge in [-0.2, -0.15) is 0 Å². The average Bonchev–Trinajstić information content (AvgIpc) is 3.18. The van der Waals surface area contributed by atoms with E-state index in [1.54, 1.807) is 18.2 Å². The van der Waals surface area contributed by atoms with E-state index in [4.69, 9.17) is 9.47 Å². The predicted molar refractivity (Wildman–Crippen MR) is 112 cm³/mol. The first-order chi connectivity index (χ1) is 13.5. The minimum Gasteiger partial charge on any atom is -0.493 e. The van der Waals surface area contributed by atoms with Gasteiger partial charge in [0.15, 0.2) is 11.5 Å². The number of carbonyl (C=O) groups is 3.